The van der Waals surface area contributed by atoms with Crippen LogP contribution in [0.1, 0.15) is 33.6 Å². The van der Waals surface area contributed by atoms with Crippen LogP contribution in [-0.2, 0) is 9.59 Å². The van der Waals surface area contributed by atoms with Crippen molar-refractivity contribution in [2.45, 2.75) is 22.6 Å². The first kappa shape index (κ1) is 23.3. The fourth-order valence-electron chi connectivity index (χ4n) is 2.30. The van der Waals surface area contributed by atoms with E-state index in [0.717, 1.165) is 0 Å². The largest absolute Gasteiger partial charge is 0.481 e. The Kier molecular flexibility index (Phi) is 9.23. The molecule has 158 valence electrons. The van der Waals surface area contributed by atoms with Crippen molar-refractivity contribution in [1.29, 1.82) is 0 Å². The molecule has 0 spiro atoms. The number of amides is 2. The third-order valence-corrected chi connectivity index (χ3v) is 6.22. The Morgan fingerprint density at radius 1 is 0.667 bits per heavy atom. The summed E-state index contributed by atoms with van der Waals surface area (Å²) < 4.78 is 0. The van der Waals surface area contributed by atoms with E-state index in [0.29, 0.717) is 20.9 Å². The molecule has 30 heavy (non-hydrogen) atoms. The molecule has 2 amide bonds. The smallest absolute Gasteiger partial charge is 0.305 e. The van der Waals surface area contributed by atoms with E-state index in [2.05, 4.69) is 10.6 Å². The number of aliphatic carboxylic acids is 2. The van der Waals surface area contributed by atoms with Crippen molar-refractivity contribution in [2.75, 3.05) is 13.1 Å². The summed E-state index contributed by atoms with van der Waals surface area (Å²) in [6, 6.07) is 13.8. The number of carbonyl (C=O) groups excluding carboxylic acids is 2. The van der Waals surface area contributed by atoms with Gasteiger partial charge in [-0.2, -0.15) is 0 Å². The Morgan fingerprint density at radius 3 is 1.40 bits per heavy atom. The van der Waals surface area contributed by atoms with E-state index < -0.39 is 11.9 Å². The van der Waals surface area contributed by atoms with Gasteiger partial charge in [-0.05, 0) is 24.3 Å². The zero-order valence-electron chi connectivity index (χ0n) is 15.8. The summed E-state index contributed by atoms with van der Waals surface area (Å²) in [5.41, 5.74) is 0.813. The molecule has 0 aliphatic carbocycles. The SMILES string of the molecule is O=C(O)CCNC(=O)c1ccccc1SSc1ccccc1C(=O)NCCC(=O)O. The lowest BCUT2D eigenvalue weighted by Gasteiger charge is -2.11. The van der Waals surface area contributed by atoms with Crippen LogP contribution in [0.15, 0.2) is 58.3 Å². The summed E-state index contributed by atoms with van der Waals surface area (Å²) in [4.78, 5) is 47.3. The average Bonchev–Trinajstić information content (AvgIpc) is 2.72. The molecule has 0 saturated heterocycles. The molecular formula is C20H20N2O6S2. The monoisotopic (exact) mass is 448 g/mol. The number of carbonyl (C=O) groups is 4. The summed E-state index contributed by atoms with van der Waals surface area (Å²) in [5.74, 6) is -2.74. The van der Waals surface area contributed by atoms with E-state index in [-0.39, 0.29) is 37.7 Å². The summed E-state index contributed by atoms with van der Waals surface area (Å²) in [6.45, 7) is 0.0549. The number of hydrogen-bond acceptors (Lipinski definition) is 6. The second kappa shape index (κ2) is 11.9. The molecule has 2 aromatic rings. The van der Waals surface area contributed by atoms with E-state index in [9.17, 15) is 19.2 Å². The molecule has 0 aliphatic heterocycles. The average molecular weight is 449 g/mol. The third kappa shape index (κ3) is 7.45. The Labute approximate surface area is 180 Å². The van der Waals surface area contributed by atoms with Gasteiger partial charge in [-0.25, -0.2) is 0 Å². The maximum atomic E-state index is 12.4. The number of benzene rings is 2. The topological polar surface area (TPSA) is 133 Å². The van der Waals surface area contributed by atoms with Crippen molar-refractivity contribution >= 4 is 45.3 Å². The molecule has 4 N–H and O–H groups in total. The van der Waals surface area contributed by atoms with Gasteiger partial charge in [0.2, 0.25) is 0 Å². The van der Waals surface area contributed by atoms with Crippen molar-refractivity contribution in [3.8, 4) is 0 Å². The highest BCUT2D eigenvalue weighted by atomic mass is 33.1. The van der Waals surface area contributed by atoms with Crippen molar-refractivity contribution < 1.29 is 29.4 Å². The molecule has 2 rings (SSSR count). The second-order valence-corrected chi connectivity index (χ2v) is 8.17. The molecule has 2 aromatic carbocycles. The van der Waals surface area contributed by atoms with Gasteiger partial charge in [-0.15, -0.1) is 0 Å². The molecule has 0 aromatic heterocycles. The highest BCUT2D eigenvalue weighted by Crippen LogP contribution is 2.40. The van der Waals surface area contributed by atoms with Crippen LogP contribution in [0.5, 0.6) is 0 Å². The Balaban J connectivity index is 2.06. The van der Waals surface area contributed by atoms with Gasteiger partial charge in [0.05, 0.1) is 24.0 Å². The Hall–Kier alpha value is -2.98. The van der Waals surface area contributed by atoms with E-state index in [4.69, 9.17) is 10.2 Å². The number of rotatable bonds is 11. The summed E-state index contributed by atoms with van der Waals surface area (Å²) in [7, 11) is 2.59. The molecule has 0 aliphatic rings. The lowest BCUT2D eigenvalue weighted by atomic mass is 10.2. The van der Waals surface area contributed by atoms with Crippen LogP contribution in [0.4, 0.5) is 0 Å². The fraction of sp³-hybridized carbons (Fsp3) is 0.200. The van der Waals surface area contributed by atoms with Crippen LogP contribution < -0.4 is 10.6 Å². The van der Waals surface area contributed by atoms with Crippen LogP contribution in [0.3, 0.4) is 0 Å². The van der Waals surface area contributed by atoms with Crippen LogP contribution in [0, 0.1) is 0 Å². The lowest BCUT2D eigenvalue weighted by molar-refractivity contribution is -0.137. The molecular weight excluding hydrogens is 428 g/mol. The van der Waals surface area contributed by atoms with Gasteiger partial charge in [0.15, 0.2) is 0 Å². The molecule has 0 heterocycles. The van der Waals surface area contributed by atoms with Gasteiger partial charge in [-0.1, -0.05) is 45.9 Å². The molecule has 0 bridgehead atoms. The van der Waals surface area contributed by atoms with Gasteiger partial charge in [-0.3, -0.25) is 19.2 Å². The summed E-state index contributed by atoms with van der Waals surface area (Å²) in [5, 5.41) is 22.5. The van der Waals surface area contributed by atoms with E-state index in [1.54, 1.807) is 48.5 Å². The first-order chi connectivity index (χ1) is 14.4. The highest BCUT2D eigenvalue weighted by Gasteiger charge is 2.15. The second-order valence-electron chi connectivity index (χ2n) is 5.96. The Bertz CT molecular complexity index is 860. The molecule has 0 saturated carbocycles. The zero-order chi connectivity index (χ0) is 21.9. The summed E-state index contributed by atoms with van der Waals surface area (Å²) >= 11 is 0. The standard InChI is InChI=1S/C20H20N2O6S2/c23-17(24)9-11-21-19(27)13-5-1-3-7-15(13)29-30-16-8-4-2-6-14(16)20(28)22-12-10-18(25)26/h1-8H,9-12H2,(H,21,27)(H,22,28)(H,23,24)(H,25,26). The van der Waals surface area contributed by atoms with Crippen molar-refractivity contribution in [3.05, 3.63) is 59.7 Å². The molecule has 10 heteroatoms. The number of carboxylic acid groups (broad SMARTS) is 2. The van der Waals surface area contributed by atoms with E-state index in [1.807, 2.05) is 0 Å². The number of nitrogens with one attached hydrogen (secondary N) is 2. The quantitative estimate of drug-likeness (QED) is 0.386. The predicted molar refractivity (Wildman–Crippen MR) is 114 cm³/mol. The first-order valence-electron chi connectivity index (χ1n) is 8.91. The molecule has 0 fully saturated rings. The lowest BCUT2D eigenvalue weighted by Crippen LogP contribution is -2.26. The molecule has 0 radical (unpaired) electrons. The van der Waals surface area contributed by atoms with E-state index >= 15 is 0 Å². The highest BCUT2D eigenvalue weighted by molar-refractivity contribution is 8.76. The van der Waals surface area contributed by atoms with Crippen LogP contribution in [0.25, 0.3) is 0 Å². The predicted octanol–water partition coefficient (Wildman–Crippen LogP) is 2.90. The minimum absolute atomic E-state index is 0.0274. The van der Waals surface area contributed by atoms with Crippen molar-refractivity contribution in [1.82, 2.24) is 10.6 Å². The zero-order valence-corrected chi connectivity index (χ0v) is 17.4. The molecule has 0 unspecified atom stereocenters. The number of hydrogen-bond donors (Lipinski definition) is 4. The van der Waals surface area contributed by atoms with Crippen LogP contribution in [0.2, 0.25) is 0 Å². The normalized spacial score (nSPS) is 10.3. The fourth-order valence-corrected chi connectivity index (χ4v) is 4.66. The van der Waals surface area contributed by atoms with Gasteiger partial charge in [0.1, 0.15) is 0 Å². The van der Waals surface area contributed by atoms with Gasteiger partial charge >= 0.3 is 11.9 Å². The molecule has 8 nitrogen and oxygen atoms in total. The minimum Gasteiger partial charge on any atom is -0.481 e. The van der Waals surface area contributed by atoms with Crippen LogP contribution in [-0.4, -0.2) is 47.1 Å². The van der Waals surface area contributed by atoms with Gasteiger partial charge in [0.25, 0.3) is 11.8 Å². The van der Waals surface area contributed by atoms with Crippen LogP contribution >= 0.6 is 21.6 Å². The third-order valence-electron chi connectivity index (χ3n) is 3.73. The first-order valence-corrected chi connectivity index (χ1v) is 11.1. The van der Waals surface area contributed by atoms with Gasteiger partial charge < -0.3 is 20.8 Å². The van der Waals surface area contributed by atoms with Crippen molar-refractivity contribution in [3.63, 3.8) is 0 Å². The number of carboxylic acids is 2. The summed E-state index contributed by atoms with van der Waals surface area (Å²) in [6.07, 6.45) is -0.333. The van der Waals surface area contributed by atoms with Crippen molar-refractivity contribution in [2.24, 2.45) is 0 Å². The Morgan fingerprint density at radius 2 is 1.03 bits per heavy atom. The van der Waals surface area contributed by atoms with E-state index in [1.165, 1.54) is 21.6 Å². The maximum Gasteiger partial charge on any atom is 0.305 e. The van der Waals surface area contributed by atoms with Gasteiger partial charge in [0, 0.05) is 22.9 Å². The molecule has 0 atom stereocenters. The minimum atomic E-state index is -0.994. The maximum absolute atomic E-state index is 12.4.